The van der Waals surface area contributed by atoms with E-state index in [0.29, 0.717) is 40.3 Å². The summed E-state index contributed by atoms with van der Waals surface area (Å²) in [5.74, 6) is 3.01. The van der Waals surface area contributed by atoms with Crippen LogP contribution in [0.15, 0.2) is 71.4 Å². The van der Waals surface area contributed by atoms with Gasteiger partial charge in [-0.3, -0.25) is 0 Å². The van der Waals surface area contributed by atoms with E-state index in [2.05, 4.69) is 51.4 Å². The first-order valence-corrected chi connectivity index (χ1v) is 14.4. The zero-order chi connectivity index (χ0) is 27.8. The van der Waals surface area contributed by atoms with Gasteiger partial charge in [-0.2, -0.15) is 0 Å². The monoisotopic (exact) mass is 567 g/mol. The van der Waals surface area contributed by atoms with E-state index < -0.39 is 0 Å². The second kappa shape index (κ2) is 10.8. The third-order valence-corrected chi connectivity index (χ3v) is 8.23. The number of imidazole rings is 1. The fourth-order valence-corrected chi connectivity index (χ4v) is 5.90. The number of benzene rings is 2. The molecule has 6 aromatic rings. The Morgan fingerprint density at radius 2 is 1.85 bits per heavy atom. The molecule has 10 heteroatoms. The smallest absolute Gasteiger partial charge is 0.294 e. The van der Waals surface area contributed by atoms with Crippen LogP contribution in [0.3, 0.4) is 0 Å². The van der Waals surface area contributed by atoms with Crippen LogP contribution in [0, 0.1) is 0 Å². The Balaban J connectivity index is 1.12. The van der Waals surface area contributed by atoms with Gasteiger partial charge in [0.05, 0.1) is 25.8 Å². The summed E-state index contributed by atoms with van der Waals surface area (Å²) in [5.41, 5.74) is 4.58. The zero-order valence-corrected chi connectivity index (χ0v) is 23.7. The molecule has 7 rings (SSSR count). The molecule has 0 spiro atoms. The van der Waals surface area contributed by atoms with Gasteiger partial charge in [0.2, 0.25) is 4.96 Å². The van der Waals surface area contributed by atoms with Crippen LogP contribution in [0.1, 0.15) is 24.8 Å². The van der Waals surface area contributed by atoms with E-state index in [0.717, 1.165) is 45.9 Å². The molecule has 4 aromatic heterocycles. The van der Waals surface area contributed by atoms with Crippen LogP contribution in [-0.4, -0.2) is 46.9 Å². The molecule has 0 amide bonds. The summed E-state index contributed by atoms with van der Waals surface area (Å²) in [4.78, 5) is 12.5. The molecule has 1 saturated heterocycles. The second-order valence-electron chi connectivity index (χ2n) is 10.0. The van der Waals surface area contributed by atoms with Gasteiger partial charge >= 0.3 is 0 Å². The first-order valence-electron chi connectivity index (χ1n) is 13.6. The Hall–Kier alpha value is -4.57. The van der Waals surface area contributed by atoms with Crippen molar-refractivity contribution in [2.24, 2.45) is 0 Å². The molecular weight excluding hydrogens is 538 g/mol. The van der Waals surface area contributed by atoms with Gasteiger partial charge in [-0.15, -0.1) is 5.10 Å². The number of hydrogen-bond acceptors (Lipinski definition) is 9. The van der Waals surface area contributed by atoms with Crippen molar-refractivity contribution in [1.29, 1.82) is 0 Å². The van der Waals surface area contributed by atoms with E-state index in [9.17, 15) is 0 Å². The maximum atomic E-state index is 6.35. The number of nitrogens with zero attached hydrogens (tertiary/aromatic N) is 5. The van der Waals surface area contributed by atoms with Gasteiger partial charge < -0.3 is 23.5 Å². The van der Waals surface area contributed by atoms with Crippen molar-refractivity contribution in [1.82, 2.24) is 19.6 Å². The van der Waals surface area contributed by atoms with Crippen molar-refractivity contribution < 1.29 is 18.6 Å². The van der Waals surface area contributed by atoms with Gasteiger partial charge in [0, 0.05) is 37.0 Å². The minimum Gasteiger partial charge on any atom is -0.496 e. The third kappa shape index (κ3) is 5.06. The maximum absolute atomic E-state index is 6.35. The molecule has 0 aliphatic carbocycles. The van der Waals surface area contributed by atoms with Crippen LogP contribution >= 0.6 is 11.3 Å². The average molecular weight is 568 g/mol. The van der Waals surface area contributed by atoms with Gasteiger partial charge in [-0.05, 0) is 66.0 Å². The molecule has 1 aliphatic heterocycles. The fourth-order valence-electron chi connectivity index (χ4n) is 5.20. The number of piperidine rings is 1. The number of hydrogen-bond donors (Lipinski definition) is 0. The van der Waals surface area contributed by atoms with Crippen molar-refractivity contribution in [3.05, 3.63) is 72.6 Å². The molecule has 1 aliphatic rings. The van der Waals surface area contributed by atoms with Gasteiger partial charge in [-0.25, -0.2) is 14.5 Å². The number of fused-ring (bicyclic) bond motifs is 2. The Morgan fingerprint density at radius 3 is 2.63 bits per heavy atom. The summed E-state index contributed by atoms with van der Waals surface area (Å²) >= 11 is 1.37. The number of ether oxygens (including phenoxy) is 3. The van der Waals surface area contributed by atoms with Crippen molar-refractivity contribution in [2.75, 3.05) is 32.2 Å². The van der Waals surface area contributed by atoms with Gasteiger partial charge in [0.15, 0.2) is 5.76 Å². The first-order chi connectivity index (χ1) is 20.2. The molecule has 0 atom stereocenters. The van der Waals surface area contributed by atoms with Crippen LogP contribution in [0.25, 0.3) is 38.5 Å². The van der Waals surface area contributed by atoms with Crippen LogP contribution in [0.5, 0.6) is 16.7 Å². The highest BCUT2D eigenvalue weighted by Gasteiger charge is 2.17. The first kappa shape index (κ1) is 25.4. The Kier molecular flexibility index (Phi) is 6.68. The summed E-state index contributed by atoms with van der Waals surface area (Å²) < 4.78 is 24.9. The minimum absolute atomic E-state index is 0.389. The standard InChI is InChI=1S/C31H29N5O4S/c1-37-23-14-26(24-16-28(40-27(24)15-23)25-18-36-30(33-25)41-31(34-36)38-2)39-19-20-7-6-8-21(13-20)22-9-10-29(32-17-22)35-11-4-3-5-12-35/h6-10,13-18H,3-5,11-12,19H2,1-2H3. The largest absolute Gasteiger partial charge is 0.496 e. The van der Waals surface area contributed by atoms with Gasteiger partial charge in [0.25, 0.3) is 5.19 Å². The molecule has 208 valence electrons. The molecular formula is C31H29N5O4S. The predicted octanol–water partition coefficient (Wildman–Crippen LogP) is 6.85. The number of furan rings is 1. The van der Waals surface area contributed by atoms with E-state index in [1.165, 1.54) is 30.6 Å². The second-order valence-corrected chi connectivity index (χ2v) is 10.9. The number of pyridine rings is 1. The van der Waals surface area contributed by atoms with Crippen LogP contribution in [0.2, 0.25) is 0 Å². The summed E-state index contributed by atoms with van der Waals surface area (Å²) in [6.07, 6.45) is 7.57. The maximum Gasteiger partial charge on any atom is 0.294 e. The number of methoxy groups -OCH3 is 2. The molecule has 2 aromatic carbocycles. The number of rotatable bonds is 8. The molecule has 0 radical (unpaired) electrons. The Labute approximate surface area is 240 Å². The molecule has 5 heterocycles. The highest BCUT2D eigenvalue weighted by Crippen LogP contribution is 2.38. The molecule has 0 bridgehead atoms. The Morgan fingerprint density at radius 1 is 0.951 bits per heavy atom. The van der Waals surface area contributed by atoms with Gasteiger partial charge in [-0.1, -0.05) is 18.2 Å². The van der Waals surface area contributed by atoms with Crippen LogP contribution < -0.4 is 19.1 Å². The summed E-state index contributed by atoms with van der Waals surface area (Å²) in [6, 6.07) is 18.3. The molecule has 0 unspecified atom stereocenters. The molecule has 1 fully saturated rings. The third-order valence-electron chi connectivity index (χ3n) is 7.34. The normalized spacial score (nSPS) is 13.7. The van der Waals surface area contributed by atoms with Crippen molar-refractivity contribution in [3.63, 3.8) is 0 Å². The lowest BCUT2D eigenvalue weighted by Crippen LogP contribution is -2.29. The van der Waals surface area contributed by atoms with E-state index in [-0.39, 0.29) is 0 Å². The molecule has 0 N–H and O–H groups in total. The molecule has 41 heavy (non-hydrogen) atoms. The highest BCUT2D eigenvalue weighted by atomic mass is 32.1. The fraction of sp³-hybridized carbons (Fsp3) is 0.258. The van der Waals surface area contributed by atoms with E-state index in [4.69, 9.17) is 23.6 Å². The summed E-state index contributed by atoms with van der Waals surface area (Å²) in [7, 11) is 3.22. The zero-order valence-electron chi connectivity index (χ0n) is 22.9. The number of aromatic nitrogens is 4. The minimum atomic E-state index is 0.389. The van der Waals surface area contributed by atoms with E-state index in [1.54, 1.807) is 18.7 Å². The Bertz CT molecular complexity index is 1790. The van der Waals surface area contributed by atoms with E-state index in [1.807, 2.05) is 30.6 Å². The van der Waals surface area contributed by atoms with Gasteiger partial charge in [0.1, 0.15) is 35.2 Å². The SMILES string of the molecule is COc1cc(OCc2cccc(-c3ccc(N4CCCCC4)nc3)c2)c2cc(-c3cn4nc(OC)sc4n3)oc2c1. The average Bonchev–Trinajstić information content (AvgIpc) is 3.74. The molecule has 0 saturated carbocycles. The van der Waals surface area contributed by atoms with Crippen molar-refractivity contribution in [2.45, 2.75) is 25.9 Å². The lowest BCUT2D eigenvalue weighted by molar-refractivity contribution is 0.307. The van der Waals surface area contributed by atoms with Crippen LogP contribution in [-0.2, 0) is 6.61 Å². The quantitative estimate of drug-likeness (QED) is 0.197. The van der Waals surface area contributed by atoms with Crippen LogP contribution in [0.4, 0.5) is 5.82 Å². The lowest BCUT2D eigenvalue weighted by atomic mass is 10.0. The van der Waals surface area contributed by atoms with E-state index >= 15 is 0 Å². The topological polar surface area (TPSA) is 87.2 Å². The highest BCUT2D eigenvalue weighted by molar-refractivity contribution is 7.18. The summed E-state index contributed by atoms with van der Waals surface area (Å²) in [5, 5.41) is 5.75. The molecule has 9 nitrogen and oxygen atoms in total. The lowest BCUT2D eigenvalue weighted by Gasteiger charge is -2.27. The summed E-state index contributed by atoms with van der Waals surface area (Å²) in [6.45, 7) is 2.56. The number of anilines is 1. The predicted molar refractivity (Wildman–Crippen MR) is 159 cm³/mol. The van der Waals surface area contributed by atoms with Crippen molar-refractivity contribution >= 4 is 33.1 Å². The van der Waals surface area contributed by atoms with Crippen molar-refractivity contribution in [3.8, 4) is 39.3 Å².